The van der Waals surface area contributed by atoms with Crippen LogP contribution < -0.4 is 0 Å². The van der Waals surface area contributed by atoms with Crippen LogP contribution in [0.1, 0.15) is 11.5 Å². The summed E-state index contributed by atoms with van der Waals surface area (Å²) in [7, 11) is -3.88. The van der Waals surface area contributed by atoms with Gasteiger partial charge in [-0.1, -0.05) is 30.3 Å². The third-order valence-corrected chi connectivity index (χ3v) is 6.44. The first-order valence-electron chi connectivity index (χ1n) is 6.89. The van der Waals surface area contributed by atoms with Gasteiger partial charge in [0.05, 0.1) is 11.0 Å². The number of carbonyl (C=O) groups is 1. The number of rotatable bonds is 4. The van der Waals surface area contributed by atoms with E-state index in [4.69, 9.17) is 0 Å². The minimum atomic E-state index is -3.88. The molecule has 4 nitrogen and oxygen atoms in total. The molecule has 0 aliphatic heterocycles. The van der Waals surface area contributed by atoms with Gasteiger partial charge in [-0.25, -0.2) is 12.8 Å². The first-order valence-corrected chi connectivity index (χ1v) is 8.44. The lowest BCUT2D eigenvalue weighted by molar-refractivity contribution is -0.110. The summed E-state index contributed by atoms with van der Waals surface area (Å²) in [6.45, 7) is 0. The number of aldehydes is 1. The van der Waals surface area contributed by atoms with E-state index in [1.54, 1.807) is 18.2 Å². The van der Waals surface area contributed by atoms with Gasteiger partial charge >= 0.3 is 0 Å². The summed E-state index contributed by atoms with van der Waals surface area (Å²) in [6, 6.07) is 14.8. The molecule has 116 valence electrons. The molecule has 0 aromatic heterocycles. The third-order valence-electron chi connectivity index (χ3n) is 4.18. The zero-order valence-electron chi connectivity index (χ0n) is 11.9. The van der Waals surface area contributed by atoms with E-state index in [1.807, 2.05) is 6.07 Å². The van der Waals surface area contributed by atoms with Crippen molar-refractivity contribution in [3.63, 3.8) is 0 Å². The number of sulfone groups is 1. The van der Waals surface area contributed by atoms with Crippen LogP contribution in [0.15, 0.2) is 59.5 Å². The predicted molar refractivity (Wildman–Crippen MR) is 80.7 cm³/mol. The van der Waals surface area contributed by atoms with Gasteiger partial charge < -0.3 is 4.79 Å². The number of nitriles is 1. The van der Waals surface area contributed by atoms with Crippen molar-refractivity contribution < 1.29 is 17.6 Å². The molecule has 2 aromatic rings. The van der Waals surface area contributed by atoms with E-state index in [1.165, 1.54) is 36.4 Å². The maximum atomic E-state index is 13.4. The minimum absolute atomic E-state index is 0.0466. The SMILES string of the molecule is N#C[C@]1(C=O)[C@H](c2cccc(F)c2)[C@H]1S(=O)(=O)c1ccccc1. The molecule has 3 atom stereocenters. The van der Waals surface area contributed by atoms with Gasteiger partial charge in [0.2, 0.25) is 0 Å². The molecule has 2 aromatic carbocycles. The average molecular weight is 329 g/mol. The van der Waals surface area contributed by atoms with Gasteiger partial charge in [-0.3, -0.25) is 0 Å². The molecule has 0 unspecified atom stereocenters. The summed E-state index contributed by atoms with van der Waals surface area (Å²) in [4.78, 5) is 11.5. The lowest BCUT2D eigenvalue weighted by Crippen LogP contribution is -2.16. The molecule has 0 heterocycles. The van der Waals surface area contributed by atoms with Crippen molar-refractivity contribution in [1.29, 1.82) is 5.26 Å². The lowest BCUT2D eigenvalue weighted by atomic mass is 10.0. The normalized spacial score (nSPS) is 26.3. The van der Waals surface area contributed by atoms with Crippen molar-refractivity contribution in [3.8, 4) is 6.07 Å². The maximum absolute atomic E-state index is 13.4. The third kappa shape index (κ3) is 2.25. The van der Waals surface area contributed by atoms with Crippen LogP contribution in [0.3, 0.4) is 0 Å². The van der Waals surface area contributed by atoms with Crippen LogP contribution in [0, 0.1) is 22.6 Å². The van der Waals surface area contributed by atoms with Crippen LogP contribution in [0.4, 0.5) is 4.39 Å². The molecule has 1 aliphatic rings. The van der Waals surface area contributed by atoms with Gasteiger partial charge in [-0.2, -0.15) is 5.26 Å². The Hall–Kier alpha value is -2.52. The quantitative estimate of drug-likeness (QED) is 0.808. The summed E-state index contributed by atoms with van der Waals surface area (Å²) in [5, 5.41) is 8.19. The molecule has 0 N–H and O–H groups in total. The van der Waals surface area contributed by atoms with Gasteiger partial charge in [-0.15, -0.1) is 0 Å². The smallest absolute Gasteiger partial charge is 0.183 e. The molecule has 1 fully saturated rings. The van der Waals surface area contributed by atoms with Crippen LogP contribution in [-0.2, 0) is 14.6 Å². The molecule has 0 spiro atoms. The Balaban J connectivity index is 2.11. The monoisotopic (exact) mass is 329 g/mol. The Bertz CT molecular complexity index is 905. The zero-order valence-corrected chi connectivity index (χ0v) is 12.7. The molecule has 23 heavy (non-hydrogen) atoms. The molecule has 6 heteroatoms. The standard InChI is InChI=1S/C17H12FNO3S/c18-13-6-4-5-12(9-13)15-16(17(15,10-19)11-20)23(21,22)14-7-2-1-3-8-14/h1-9,11,15-16H/t15-,16-,17+/m1/s1. The topological polar surface area (TPSA) is 75.0 Å². The molecular formula is C17H12FNO3S. The second kappa shape index (κ2) is 5.28. The zero-order chi connectivity index (χ0) is 16.7. The van der Waals surface area contributed by atoms with Crippen LogP contribution >= 0.6 is 0 Å². The highest BCUT2D eigenvalue weighted by atomic mass is 32.2. The summed E-state index contributed by atoms with van der Waals surface area (Å²) in [5.74, 6) is -1.41. The van der Waals surface area contributed by atoms with E-state index in [2.05, 4.69) is 0 Å². The molecule has 0 amide bonds. The van der Waals surface area contributed by atoms with Gasteiger partial charge in [0.1, 0.15) is 22.8 Å². The summed E-state index contributed by atoms with van der Waals surface area (Å²) >= 11 is 0. The van der Waals surface area contributed by atoms with Crippen molar-refractivity contribution in [2.24, 2.45) is 5.41 Å². The summed E-state index contributed by atoms with van der Waals surface area (Å²) in [5.41, 5.74) is -1.34. The summed E-state index contributed by atoms with van der Waals surface area (Å²) < 4.78 is 39.0. The Morgan fingerprint density at radius 2 is 1.83 bits per heavy atom. The lowest BCUT2D eigenvalue weighted by Gasteiger charge is -2.04. The summed E-state index contributed by atoms with van der Waals surface area (Å²) in [6.07, 6.45) is 0.369. The second-order valence-corrected chi connectivity index (χ2v) is 7.54. The number of nitrogens with zero attached hydrogens (tertiary/aromatic N) is 1. The Morgan fingerprint density at radius 1 is 1.13 bits per heavy atom. The van der Waals surface area contributed by atoms with Crippen LogP contribution in [0.25, 0.3) is 0 Å². The molecule has 1 aliphatic carbocycles. The van der Waals surface area contributed by atoms with Crippen molar-refractivity contribution >= 4 is 16.1 Å². The number of hydrogen-bond donors (Lipinski definition) is 0. The van der Waals surface area contributed by atoms with Crippen LogP contribution in [-0.4, -0.2) is 20.0 Å². The number of benzene rings is 2. The fourth-order valence-electron chi connectivity index (χ4n) is 3.02. The van der Waals surface area contributed by atoms with Gasteiger partial charge in [0.15, 0.2) is 9.84 Å². The van der Waals surface area contributed by atoms with Crippen molar-refractivity contribution in [2.45, 2.75) is 16.1 Å². The maximum Gasteiger partial charge on any atom is 0.183 e. The highest BCUT2D eigenvalue weighted by molar-refractivity contribution is 7.92. The van der Waals surface area contributed by atoms with E-state index >= 15 is 0 Å². The van der Waals surface area contributed by atoms with Gasteiger partial charge in [0, 0.05) is 5.92 Å². The van der Waals surface area contributed by atoms with Gasteiger partial charge in [0.25, 0.3) is 0 Å². The Kier molecular flexibility index (Phi) is 3.53. The van der Waals surface area contributed by atoms with Crippen molar-refractivity contribution in [1.82, 2.24) is 0 Å². The molecule has 1 saturated carbocycles. The molecular weight excluding hydrogens is 317 g/mol. The number of hydrogen-bond acceptors (Lipinski definition) is 4. The number of halogens is 1. The van der Waals surface area contributed by atoms with Crippen LogP contribution in [0.2, 0.25) is 0 Å². The fourth-order valence-corrected chi connectivity index (χ4v) is 5.28. The first kappa shape index (κ1) is 15.4. The largest absolute Gasteiger partial charge is 0.302 e. The van der Waals surface area contributed by atoms with E-state index in [9.17, 15) is 22.9 Å². The number of carbonyl (C=O) groups excluding carboxylic acids is 1. The molecule has 0 saturated heterocycles. The van der Waals surface area contributed by atoms with E-state index in [0.717, 1.165) is 0 Å². The Labute approximate surface area is 133 Å². The van der Waals surface area contributed by atoms with E-state index in [-0.39, 0.29) is 4.90 Å². The fraction of sp³-hybridized carbons (Fsp3) is 0.176. The molecule has 3 rings (SSSR count). The van der Waals surface area contributed by atoms with Crippen LogP contribution in [0.5, 0.6) is 0 Å². The second-order valence-electron chi connectivity index (χ2n) is 5.47. The highest BCUT2D eigenvalue weighted by Gasteiger charge is 2.72. The minimum Gasteiger partial charge on any atom is -0.302 e. The van der Waals surface area contributed by atoms with Gasteiger partial charge in [-0.05, 0) is 29.8 Å². The first-order chi connectivity index (χ1) is 11.0. The predicted octanol–water partition coefficient (Wildman–Crippen LogP) is 2.47. The highest BCUT2D eigenvalue weighted by Crippen LogP contribution is 2.62. The van der Waals surface area contributed by atoms with E-state index < -0.39 is 32.2 Å². The van der Waals surface area contributed by atoms with E-state index in [0.29, 0.717) is 11.8 Å². The molecule has 0 radical (unpaired) electrons. The average Bonchev–Trinajstić information content (AvgIpc) is 3.26. The Morgan fingerprint density at radius 3 is 2.39 bits per heavy atom. The molecule has 0 bridgehead atoms. The van der Waals surface area contributed by atoms with Crippen molar-refractivity contribution in [2.75, 3.05) is 0 Å². The van der Waals surface area contributed by atoms with Crippen molar-refractivity contribution in [3.05, 3.63) is 66.0 Å².